The van der Waals surface area contributed by atoms with E-state index in [0.717, 1.165) is 6.42 Å². The van der Waals surface area contributed by atoms with Crippen LogP contribution in [0.4, 0.5) is 0 Å². The highest BCUT2D eigenvalue weighted by Crippen LogP contribution is 2.30. The fraction of sp³-hybridized carbons (Fsp3) is 0.818. The molecule has 0 unspecified atom stereocenters. The summed E-state index contributed by atoms with van der Waals surface area (Å²) >= 11 is 0. The molecule has 1 aliphatic carbocycles. The molecule has 1 aliphatic rings. The van der Waals surface area contributed by atoms with Crippen LogP contribution in [0.25, 0.3) is 0 Å². The molecule has 0 aromatic heterocycles. The van der Waals surface area contributed by atoms with E-state index in [9.17, 15) is 5.11 Å². The van der Waals surface area contributed by atoms with Gasteiger partial charge in [-0.2, -0.15) is 0 Å². The van der Waals surface area contributed by atoms with Crippen molar-refractivity contribution < 1.29 is 5.11 Å². The third-order valence-electron chi connectivity index (χ3n) is 2.58. The molecule has 0 amide bonds. The maximum absolute atomic E-state index is 9.96. The minimum absolute atomic E-state index is 0.0202. The molecule has 2 atom stereocenters. The van der Waals surface area contributed by atoms with Crippen molar-refractivity contribution in [1.82, 2.24) is 0 Å². The van der Waals surface area contributed by atoms with E-state index in [2.05, 4.69) is 32.9 Å². The monoisotopic (exact) mass is 168 g/mol. The summed E-state index contributed by atoms with van der Waals surface area (Å²) in [6.07, 6.45) is 7.76. The van der Waals surface area contributed by atoms with Gasteiger partial charge in [-0.15, -0.1) is 0 Å². The van der Waals surface area contributed by atoms with Crippen molar-refractivity contribution in [1.29, 1.82) is 0 Å². The first kappa shape index (κ1) is 9.79. The van der Waals surface area contributed by atoms with E-state index in [0.29, 0.717) is 5.92 Å². The van der Waals surface area contributed by atoms with Crippen LogP contribution < -0.4 is 0 Å². The van der Waals surface area contributed by atoms with E-state index in [1.54, 1.807) is 0 Å². The van der Waals surface area contributed by atoms with Crippen LogP contribution in [0.15, 0.2) is 12.2 Å². The van der Waals surface area contributed by atoms with Gasteiger partial charge < -0.3 is 5.11 Å². The summed E-state index contributed by atoms with van der Waals surface area (Å²) in [4.78, 5) is 0. The lowest BCUT2D eigenvalue weighted by atomic mass is 9.78. The molecule has 12 heavy (non-hydrogen) atoms. The predicted octanol–water partition coefficient (Wildman–Crippen LogP) is 2.75. The van der Waals surface area contributed by atoms with Gasteiger partial charge in [0.25, 0.3) is 0 Å². The summed E-state index contributed by atoms with van der Waals surface area (Å²) < 4.78 is 0. The van der Waals surface area contributed by atoms with Crippen LogP contribution in [-0.4, -0.2) is 11.2 Å². The summed E-state index contributed by atoms with van der Waals surface area (Å²) in [6, 6.07) is 0. The maximum Gasteiger partial charge on any atom is 0.0650 e. The van der Waals surface area contributed by atoms with Gasteiger partial charge in [-0.25, -0.2) is 0 Å². The SMILES string of the molecule is CC(C)(C)[C@@H](O)[C@@H]1C=CCCC1. The zero-order valence-corrected chi connectivity index (χ0v) is 8.38. The fourth-order valence-electron chi connectivity index (χ4n) is 1.74. The molecular weight excluding hydrogens is 148 g/mol. The number of hydrogen-bond donors (Lipinski definition) is 1. The van der Waals surface area contributed by atoms with Crippen LogP contribution in [-0.2, 0) is 0 Å². The Morgan fingerprint density at radius 2 is 2.08 bits per heavy atom. The second-order valence-corrected chi connectivity index (χ2v) is 4.83. The molecule has 70 valence electrons. The molecule has 0 saturated carbocycles. The topological polar surface area (TPSA) is 20.2 Å². The quantitative estimate of drug-likeness (QED) is 0.597. The highest BCUT2D eigenvalue weighted by molar-refractivity contribution is 4.98. The van der Waals surface area contributed by atoms with Gasteiger partial charge in [-0.1, -0.05) is 32.9 Å². The molecule has 0 spiro atoms. The summed E-state index contributed by atoms with van der Waals surface area (Å²) in [7, 11) is 0. The minimum Gasteiger partial charge on any atom is -0.392 e. The van der Waals surface area contributed by atoms with Crippen molar-refractivity contribution in [2.24, 2.45) is 11.3 Å². The van der Waals surface area contributed by atoms with Crippen molar-refractivity contribution in [2.45, 2.75) is 46.1 Å². The average Bonchev–Trinajstić information content (AvgIpc) is 2.03. The summed E-state index contributed by atoms with van der Waals surface area (Å²) in [6.45, 7) is 6.29. The number of aliphatic hydroxyl groups excluding tert-OH is 1. The van der Waals surface area contributed by atoms with Gasteiger partial charge in [-0.05, 0) is 24.7 Å². The first-order chi connectivity index (χ1) is 5.52. The molecule has 0 bridgehead atoms. The maximum atomic E-state index is 9.96. The summed E-state index contributed by atoms with van der Waals surface area (Å²) in [5, 5.41) is 9.96. The second-order valence-electron chi connectivity index (χ2n) is 4.83. The van der Waals surface area contributed by atoms with Gasteiger partial charge in [0.2, 0.25) is 0 Å². The van der Waals surface area contributed by atoms with Crippen molar-refractivity contribution >= 4 is 0 Å². The third kappa shape index (κ3) is 2.34. The summed E-state index contributed by atoms with van der Waals surface area (Å²) in [5.41, 5.74) is 0.0202. The van der Waals surface area contributed by atoms with Crippen LogP contribution in [0, 0.1) is 11.3 Å². The van der Waals surface area contributed by atoms with Gasteiger partial charge in [0.15, 0.2) is 0 Å². The van der Waals surface area contributed by atoms with Gasteiger partial charge in [0, 0.05) is 5.92 Å². The molecule has 1 nitrogen and oxygen atoms in total. The number of hydrogen-bond acceptors (Lipinski definition) is 1. The Kier molecular flexibility index (Phi) is 2.94. The van der Waals surface area contributed by atoms with Crippen LogP contribution in [0.2, 0.25) is 0 Å². The molecule has 1 heteroatoms. The van der Waals surface area contributed by atoms with Gasteiger partial charge in [0.1, 0.15) is 0 Å². The molecule has 1 rings (SSSR count). The molecular formula is C11H20O. The van der Waals surface area contributed by atoms with Crippen LogP contribution in [0.1, 0.15) is 40.0 Å². The zero-order valence-electron chi connectivity index (χ0n) is 8.38. The molecule has 0 saturated heterocycles. The number of rotatable bonds is 1. The molecule has 0 fully saturated rings. The van der Waals surface area contributed by atoms with Crippen LogP contribution in [0.3, 0.4) is 0 Å². The Labute approximate surface area is 75.5 Å². The fourth-order valence-corrected chi connectivity index (χ4v) is 1.74. The summed E-state index contributed by atoms with van der Waals surface area (Å²) in [5.74, 6) is 0.388. The van der Waals surface area contributed by atoms with Gasteiger partial charge >= 0.3 is 0 Å². The standard InChI is InChI=1S/C11H20O/c1-11(2,3)10(12)9-7-5-4-6-8-9/h5,7,9-10,12H,4,6,8H2,1-3H3/t9-,10+/m1/s1. The Hall–Kier alpha value is -0.300. The smallest absolute Gasteiger partial charge is 0.0650 e. The van der Waals surface area contributed by atoms with Crippen molar-refractivity contribution in [3.05, 3.63) is 12.2 Å². The lowest BCUT2D eigenvalue weighted by molar-refractivity contribution is 0.0234. The van der Waals surface area contributed by atoms with Crippen molar-refractivity contribution in [3.63, 3.8) is 0 Å². The molecule has 0 aromatic carbocycles. The van der Waals surface area contributed by atoms with E-state index >= 15 is 0 Å². The second kappa shape index (κ2) is 3.61. The van der Waals surface area contributed by atoms with Gasteiger partial charge in [-0.3, -0.25) is 0 Å². The van der Waals surface area contributed by atoms with E-state index in [4.69, 9.17) is 0 Å². The largest absolute Gasteiger partial charge is 0.392 e. The van der Waals surface area contributed by atoms with E-state index < -0.39 is 0 Å². The molecule has 0 radical (unpaired) electrons. The van der Waals surface area contributed by atoms with E-state index in [-0.39, 0.29) is 11.5 Å². The van der Waals surface area contributed by atoms with Crippen molar-refractivity contribution in [3.8, 4) is 0 Å². The Morgan fingerprint density at radius 1 is 1.42 bits per heavy atom. The lowest BCUT2D eigenvalue weighted by Crippen LogP contribution is -2.33. The normalized spacial score (nSPS) is 27.2. The number of aliphatic hydroxyl groups is 1. The van der Waals surface area contributed by atoms with E-state index in [1.807, 2.05) is 0 Å². The first-order valence-electron chi connectivity index (χ1n) is 4.86. The van der Waals surface area contributed by atoms with E-state index in [1.165, 1.54) is 12.8 Å². The van der Waals surface area contributed by atoms with Crippen LogP contribution >= 0.6 is 0 Å². The average molecular weight is 168 g/mol. The lowest BCUT2D eigenvalue weighted by Gasteiger charge is -2.32. The molecule has 1 N–H and O–H groups in total. The van der Waals surface area contributed by atoms with Gasteiger partial charge in [0.05, 0.1) is 6.10 Å². The highest BCUT2D eigenvalue weighted by atomic mass is 16.3. The predicted molar refractivity (Wildman–Crippen MR) is 51.9 cm³/mol. The molecule has 0 heterocycles. The highest BCUT2D eigenvalue weighted by Gasteiger charge is 2.29. The zero-order chi connectivity index (χ0) is 9.19. The Morgan fingerprint density at radius 3 is 2.50 bits per heavy atom. The van der Waals surface area contributed by atoms with Crippen LogP contribution in [0.5, 0.6) is 0 Å². The first-order valence-corrected chi connectivity index (χ1v) is 4.86. The number of allylic oxidation sites excluding steroid dienone is 1. The minimum atomic E-state index is -0.186. The third-order valence-corrected chi connectivity index (χ3v) is 2.58. The Bertz CT molecular complexity index is 164. The molecule has 0 aliphatic heterocycles. The van der Waals surface area contributed by atoms with Crippen molar-refractivity contribution in [2.75, 3.05) is 0 Å². The Balaban J connectivity index is 2.57. The molecule has 0 aromatic rings.